The Morgan fingerprint density at radius 2 is 2.30 bits per heavy atom. The summed E-state index contributed by atoms with van der Waals surface area (Å²) in [4.78, 5) is 0. The van der Waals surface area contributed by atoms with E-state index >= 15 is 0 Å². The molecule has 2 nitrogen and oxygen atoms in total. The van der Waals surface area contributed by atoms with E-state index in [2.05, 4.69) is 11.3 Å². The molecule has 0 heterocycles. The Bertz CT molecular complexity index is 110. The van der Waals surface area contributed by atoms with Gasteiger partial charge in [-0.3, -0.25) is 5.41 Å². The molecule has 2 heteroatoms. The molecule has 0 aliphatic carbocycles. The molecule has 0 amide bonds. The Balaban J connectivity index is 3.03. The summed E-state index contributed by atoms with van der Waals surface area (Å²) in [5, 5.41) is 7.12. The second-order valence-electron chi connectivity index (χ2n) is 2.16. The van der Waals surface area contributed by atoms with Crippen molar-refractivity contribution in [1.29, 1.82) is 5.41 Å². The minimum atomic E-state index is 0.379. The summed E-state index contributed by atoms with van der Waals surface area (Å²) < 4.78 is 4.69. The van der Waals surface area contributed by atoms with E-state index in [0.29, 0.717) is 5.90 Å². The monoisotopic (exact) mass is 141 g/mol. The van der Waals surface area contributed by atoms with Crippen LogP contribution in [0, 0.1) is 5.41 Å². The van der Waals surface area contributed by atoms with Gasteiger partial charge in [0.1, 0.15) is 0 Å². The summed E-state index contributed by atoms with van der Waals surface area (Å²) in [5.74, 6) is 0.379. The smallest absolute Gasteiger partial charge is 0.180 e. The largest absolute Gasteiger partial charge is 0.484 e. The Kier molecular flexibility index (Phi) is 5.83. The van der Waals surface area contributed by atoms with Crippen LogP contribution in [-0.2, 0) is 4.74 Å². The van der Waals surface area contributed by atoms with Crippen molar-refractivity contribution in [2.24, 2.45) is 0 Å². The van der Waals surface area contributed by atoms with Crippen molar-refractivity contribution in [1.82, 2.24) is 0 Å². The van der Waals surface area contributed by atoms with Crippen LogP contribution in [0.4, 0.5) is 0 Å². The van der Waals surface area contributed by atoms with Gasteiger partial charge in [-0.15, -0.1) is 6.58 Å². The van der Waals surface area contributed by atoms with E-state index in [9.17, 15) is 0 Å². The minimum absolute atomic E-state index is 0.379. The highest BCUT2D eigenvalue weighted by Crippen LogP contribution is 2.00. The van der Waals surface area contributed by atoms with E-state index in [1.807, 2.05) is 6.08 Å². The first-order chi connectivity index (χ1) is 4.81. The van der Waals surface area contributed by atoms with Crippen LogP contribution in [0.5, 0.6) is 0 Å². The second-order valence-corrected chi connectivity index (χ2v) is 2.16. The lowest BCUT2D eigenvalue weighted by atomic mass is 10.2. The highest BCUT2D eigenvalue weighted by atomic mass is 16.5. The Morgan fingerprint density at radius 3 is 2.80 bits per heavy atom. The Morgan fingerprint density at radius 1 is 1.60 bits per heavy atom. The standard InChI is InChI=1S/C8H15NO/c1-3-4-5-6-7-8(9)10-2/h3,9H,1,4-7H2,2H3. The number of hydrogen-bond acceptors (Lipinski definition) is 2. The maximum Gasteiger partial charge on any atom is 0.180 e. The van der Waals surface area contributed by atoms with Crippen LogP contribution < -0.4 is 0 Å². The van der Waals surface area contributed by atoms with Gasteiger partial charge in [-0.2, -0.15) is 0 Å². The molecule has 0 unspecified atom stereocenters. The van der Waals surface area contributed by atoms with Crippen molar-refractivity contribution in [3.8, 4) is 0 Å². The number of rotatable bonds is 5. The molecular formula is C8H15NO. The quantitative estimate of drug-likeness (QED) is 0.271. The zero-order valence-electron chi connectivity index (χ0n) is 6.52. The third kappa shape index (κ3) is 5.35. The second kappa shape index (κ2) is 6.33. The zero-order valence-corrected chi connectivity index (χ0v) is 6.52. The van der Waals surface area contributed by atoms with Crippen LogP contribution in [0.1, 0.15) is 25.7 Å². The van der Waals surface area contributed by atoms with Crippen molar-refractivity contribution < 1.29 is 4.74 Å². The van der Waals surface area contributed by atoms with Gasteiger partial charge in [0.15, 0.2) is 5.90 Å². The molecule has 58 valence electrons. The van der Waals surface area contributed by atoms with E-state index in [0.717, 1.165) is 25.7 Å². The maximum absolute atomic E-state index is 7.12. The summed E-state index contributed by atoms with van der Waals surface area (Å²) in [6, 6.07) is 0. The highest BCUT2D eigenvalue weighted by molar-refractivity contribution is 5.72. The van der Waals surface area contributed by atoms with Gasteiger partial charge in [0.25, 0.3) is 0 Å². The summed E-state index contributed by atoms with van der Waals surface area (Å²) in [7, 11) is 1.54. The SMILES string of the molecule is C=CCCCCC(=N)OC. The number of ether oxygens (including phenoxy) is 1. The molecule has 0 aliphatic rings. The Labute approximate surface area is 62.4 Å². The lowest BCUT2D eigenvalue weighted by Gasteiger charge is -1.99. The van der Waals surface area contributed by atoms with E-state index in [4.69, 9.17) is 5.41 Å². The first-order valence-corrected chi connectivity index (χ1v) is 3.53. The fourth-order valence-corrected chi connectivity index (χ4v) is 0.676. The molecule has 0 aliphatic heterocycles. The van der Waals surface area contributed by atoms with Crippen LogP contribution in [0.15, 0.2) is 12.7 Å². The van der Waals surface area contributed by atoms with Gasteiger partial charge in [0.2, 0.25) is 0 Å². The number of nitrogens with one attached hydrogen (secondary N) is 1. The number of methoxy groups -OCH3 is 1. The van der Waals surface area contributed by atoms with Gasteiger partial charge in [0, 0.05) is 6.42 Å². The lowest BCUT2D eigenvalue weighted by Crippen LogP contribution is -1.97. The molecule has 0 atom stereocenters. The average molecular weight is 141 g/mol. The van der Waals surface area contributed by atoms with Gasteiger partial charge >= 0.3 is 0 Å². The number of hydrogen-bond donors (Lipinski definition) is 1. The van der Waals surface area contributed by atoms with Crippen LogP contribution >= 0.6 is 0 Å². The van der Waals surface area contributed by atoms with Crippen molar-refractivity contribution in [3.05, 3.63) is 12.7 Å². The van der Waals surface area contributed by atoms with E-state index in [1.165, 1.54) is 7.11 Å². The van der Waals surface area contributed by atoms with Crippen molar-refractivity contribution in [2.75, 3.05) is 7.11 Å². The minimum Gasteiger partial charge on any atom is -0.484 e. The average Bonchev–Trinajstić information content (AvgIpc) is 1.98. The summed E-state index contributed by atoms with van der Waals surface area (Å²) in [6.07, 6.45) is 5.83. The van der Waals surface area contributed by atoms with Crippen molar-refractivity contribution in [3.63, 3.8) is 0 Å². The first kappa shape index (κ1) is 9.21. The molecule has 0 rings (SSSR count). The van der Waals surface area contributed by atoms with E-state index < -0.39 is 0 Å². The first-order valence-electron chi connectivity index (χ1n) is 3.53. The predicted octanol–water partition coefficient (Wildman–Crippen LogP) is 2.36. The summed E-state index contributed by atoms with van der Waals surface area (Å²) in [5.41, 5.74) is 0. The molecule has 0 radical (unpaired) electrons. The third-order valence-corrected chi connectivity index (χ3v) is 1.31. The van der Waals surface area contributed by atoms with E-state index in [-0.39, 0.29) is 0 Å². The van der Waals surface area contributed by atoms with Crippen molar-refractivity contribution in [2.45, 2.75) is 25.7 Å². The lowest BCUT2D eigenvalue weighted by molar-refractivity contribution is 0.383. The Hall–Kier alpha value is -0.790. The molecule has 10 heavy (non-hydrogen) atoms. The molecule has 0 spiro atoms. The maximum atomic E-state index is 7.12. The normalized spacial score (nSPS) is 8.90. The molecule has 0 aromatic heterocycles. The zero-order chi connectivity index (χ0) is 7.82. The fraction of sp³-hybridized carbons (Fsp3) is 0.625. The molecule has 0 fully saturated rings. The molecule has 0 bridgehead atoms. The van der Waals surface area contributed by atoms with Gasteiger partial charge in [-0.1, -0.05) is 6.08 Å². The highest BCUT2D eigenvalue weighted by Gasteiger charge is 1.92. The molecule has 0 aromatic rings. The molecule has 0 saturated carbocycles. The predicted molar refractivity (Wildman–Crippen MR) is 43.4 cm³/mol. The molecule has 0 saturated heterocycles. The van der Waals surface area contributed by atoms with Crippen LogP contribution in [0.3, 0.4) is 0 Å². The number of allylic oxidation sites excluding steroid dienone is 1. The molecular weight excluding hydrogens is 126 g/mol. The van der Waals surface area contributed by atoms with Crippen LogP contribution in [0.2, 0.25) is 0 Å². The third-order valence-electron chi connectivity index (χ3n) is 1.31. The van der Waals surface area contributed by atoms with E-state index in [1.54, 1.807) is 0 Å². The summed E-state index contributed by atoms with van der Waals surface area (Å²) >= 11 is 0. The molecule has 0 aromatic carbocycles. The van der Waals surface area contributed by atoms with Gasteiger partial charge in [-0.05, 0) is 19.3 Å². The van der Waals surface area contributed by atoms with Gasteiger partial charge in [-0.25, -0.2) is 0 Å². The van der Waals surface area contributed by atoms with Crippen LogP contribution in [-0.4, -0.2) is 13.0 Å². The van der Waals surface area contributed by atoms with Gasteiger partial charge < -0.3 is 4.74 Å². The number of unbranched alkanes of at least 4 members (excludes halogenated alkanes) is 2. The fourth-order valence-electron chi connectivity index (χ4n) is 0.676. The molecule has 1 N–H and O–H groups in total. The van der Waals surface area contributed by atoms with Gasteiger partial charge in [0.05, 0.1) is 7.11 Å². The van der Waals surface area contributed by atoms with Crippen molar-refractivity contribution >= 4 is 5.90 Å². The topological polar surface area (TPSA) is 33.1 Å². The summed E-state index contributed by atoms with van der Waals surface area (Å²) in [6.45, 7) is 3.61. The van der Waals surface area contributed by atoms with Crippen LogP contribution in [0.25, 0.3) is 0 Å².